The first-order chi connectivity index (χ1) is 1.41. The molecule has 0 fully saturated rings. The van der Waals surface area contributed by atoms with Crippen molar-refractivity contribution in [2.75, 3.05) is 0 Å². The number of hydrogen-bond donors (Lipinski definition) is 0. The molecule has 0 unspecified atom stereocenters. The van der Waals surface area contributed by atoms with E-state index in [4.69, 9.17) is 0 Å². The van der Waals surface area contributed by atoms with Gasteiger partial charge in [-0.2, -0.15) is 0 Å². The van der Waals surface area contributed by atoms with Crippen LogP contribution in [0.3, 0.4) is 0 Å². The Bertz CT molecular complexity index is 6.00. The summed E-state index contributed by atoms with van der Waals surface area (Å²) in [5, 5.41) is 0. The molecule has 0 saturated heterocycles. The van der Waals surface area contributed by atoms with Gasteiger partial charge in [0.25, 0.3) is 0 Å². The van der Waals surface area contributed by atoms with Gasteiger partial charge < -0.3 is 0 Å². The zero-order valence-corrected chi connectivity index (χ0v) is 6.18. The molecule has 0 saturated carbocycles. The Kier molecular flexibility index (Phi) is 20.1. The van der Waals surface area contributed by atoms with Crippen molar-refractivity contribution in [1.82, 2.24) is 0 Å². The summed E-state index contributed by atoms with van der Waals surface area (Å²) in [7, 11) is 0.417. The smallest absolute Gasteiger partial charge is 0.0750 e. The van der Waals surface area contributed by atoms with E-state index in [1.165, 1.54) is 0 Å². The van der Waals surface area contributed by atoms with Gasteiger partial charge in [0, 0.05) is 9.52 Å². The number of hydrogen-bond acceptors (Lipinski definition) is 0. The van der Waals surface area contributed by atoms with Crippen LogP contribution in [-0.4, -0.2) is 9.52 Å². The molecule has 0 rings (SSSR count). The zero-order chi connectivity index (χ0) is 2.71. The maximum absolute atomic E-state index is 2.26. The van der Waals surface area contributed by atoms with Gasteiger partial charge >= 0.3 is 21.7 Å². The summed E-state index contributed by atoms with van der Waals surface area (Å²) in [6.45, 7) is 4.53. The van der Waals surface area contributed by atoms with E-state index in [1.807, 2.05) is 0 Å². The summed E-state index contributed by atoms with van der Waals surface area (Å²) in [6, 6.07) is 0. The average molecular weight is 108 g/mol. The predicted molar refractivity (Wildman–Crippen MR) is 20.3 cm³/mol. The summed E-state index contributed by atoms with van der Waals surface area (Å²) < 4.78 is 0. The van der Waals surface area contributed by atoms with Gasteiger partial charge in [0.05, 0.1) is 0 Å². The van der Waals surface area contributed by atoms with Crippen LogP contribution < -0.4 is 0 Å². The van der Waals surface area contributed by atoms with Gasteiger partial charge in [-0.15, -0.1) is 0 Å². The van der Waals surface area contributed by atoms with E-state index in [-0.39, 0.29) is 21.7 Å². The van der Waals surface area contributed by atoms with E-state index in [0.717, 1.165) is 0 Å². The third kappa shape index (κ3) is 12.6. The van der Waals surface area contributed by atoms with E-state index in [0.29, 0.717) is 9.52 Å². The second-order valence-corrected chi connectivity index (χ2v) is 2.12. The molecule has 0 aromatic carbocycles. The fraction of sp³-hybridized carbons (Fsp3) is 1.00. The summed E-state index contributed by atoms with van der Waals surface area (Å²) >= 11 is 0. The van der Waals surface area contributed by atoms with Crippen molar-refractivity contribution < 1.29 is 21.7 Å². The van der Waals surface area contributed by atoms with E-state index < -0.39 is 0 Å². The van der Waals surface area contributed by atoms with E-state index in [2.05, 4.69) is 13.1 Å². The van der Waals surface area contributed by atoms with Gasteiger partial charge in [0.2, 0.25) is 0 Å². The molecule has 0 aliphatic carbocycles. The molecule has 0 bridgehead atoms. The molecule has 0 aliphatic rings. The maximum Gasteiger partial charge on any atom is 2.00 e. The Labute approximate surface area is 44.7 Å². The predicted octanol–water partition coefficient (Wildman–Crippen LogP) is 0.249. The van der Waals surface area contributed by atoms with Crippen molar-refractivity contribution in [1.29, 1.82) is 0 Å². The van der Waals surface area contributed by atoms with Crippen LogP contribution in [-0.2, 0) is 21.7 Å². The van der Waals surface area contributed by atoms with Crippen molar-refractivity contribution in [2.45, 2.75) is 13.1 Å². The van der Waals surface area contributed by atoms with Gasteiger partial charge in [-0.25, -0.2) is 0 Å². The van der Waals surface area contributed by atoms with Crippen molar-refractivity contribution in [2.24, 2.45) is 0 Å². The Morgan fingerprint density at radius 1 is 1.25 bits per heavy atom. The Balaban J connectivity index is 0. The van der Waals surface area contributed by atoms with Crippen LogP contribution in [0.2, 0.25) is 13.1 Å². The third-order valence-electron chi connectivity index (χ3n) is 0. The molecule has 0 spiro atoms. The maximum atomic E-state index is 2.26. The fourth-order valence-corrected chi connectivity index (χ4v) is 0. The molecule has 0 nitrogen and oxygen atoms in total. The summed E-state index contributed by atoms with van der Waals surface area (Å²) in [5.41, 5.74) is 0. The van der Waals surface area contributed by atoms with E-state index in [9.17, 15) is 0 Å². The molecule has 0 aliphatic heterocycles. The van der Waals surface area contributed by atoms with Gasteiger partial charge in [-0.1, -0.05) is 13.1 Å². The Hall–Kier alpha value is 0.931. The van der Waals surface area contributed by atoms with Gasteiger partial charge in [-0.05, 0) is 0 Å². The monoisotopic (exact) mass is 108 g/mol. The molecular weight excluding hydrogens is 100.0 g/mol. The van der Waals surface area contributed by atoms with Gasteiger partial charge in [-0.3, -0.25) is 0 Å². The van der Waals surface area contributed by atoms with Crippen LogP contribution >= 0.6 is 0 Å². The third-order valence-corrected chi connectivity index (χ3v) is 0. The molecule has 4 heavy (non-hydrogen) atoms. The quantitative estimate of drug-likeness (QED) is 0.390. The topological polar surface area (TPSA) is 0 Å². The van der Waals surface area contributed by atoms with Crippen LogP contribution in [0.1, 0.15) is 0 Å². The molecule has 0 radical (unpaired) electrons. The molecule has 22 valence electrons. The van der Waals surface area contributed by atoms with Crippen LogP contribution in [0.25, 0.3) is 0 Å². The molecule has 0 atom stereocenters. The molecule has 0 aromatic heterocycles. The first-order valence-electron chi connectivity index (χ1n) is 1.41. The molecule has 2 heteroatoms. The standard InChI is InChI=1S/C2H8Si.Ti/c1-3-2;/h3H2,1-2H3;/q;+2. The Morgan fingerprint density at radius 2 is 1.25 bits per heavy atom. The van der Waals surface area contributed by atoms with Crippen molar-refractivity contribution in [3.8, 4) is 0 Å². The SMILES string of the molecule is C[SiH2]C.[Ti+2]. The normalized spacial score (nSPS) is 4.50. The molecule has 0 aromatic rings. The molecule has 0 amide bonds. The van der Waals surface area contributed by atoms with Crippen molar-refractivity contribution in [3.63, 3.8) is 0 Å². The van der Waals surface area contributed by atoms with Crippen LogP contribution in [0, 0.1) is 0 Å². The largest absolute Gasteiger partial charge is 2.00 e. The summed E-state index contributed by atoms with van der Waals surface area (Å²) in [4.78, 5) is 0. The second kappa shape index (κ2) is 9.06. The second-order valence-electron chi connectivity index (χ2n) is 0.707. The van der Waals surface area contributed by atoms with E-state index in [1.54, 1.807) is 0 Å². The fourth-order valence-electron chi connectivity index (χ4n) is 0. The molecule has 0 heterocycles. The average Bonchev–Trinajstić information content (AvgIpc) is 0.918. The minimum absolute atomic E-state index is 0. The van der Waals surface area contributed by atoms with Crippen molar-refractivity contribution >= 4 is 9.52 Å². The van der Waals surface area contributed by atoms with Crippen LogP contribution in [0.4, 0.5) is 0 Å². The first-order valence-corrected chi connectivity index (χ1v) is 4.24. The minimum atomic E-state index is 0. The minimum Gasteiger partial charge on any atom is -0.0750 e. The van der Waals surface area contributed by atoms with Crippen LogP contribution in [0.15, 0.2) is 0 Å². The first kappa shape index (κ1) is 8.87. The van der Waals surface area contributed by atoms with Gasteiger partial charge in [0.1, 0.15) is 0 Å². The zero-order valence-electron chi connectivity index (χ0n) is 3.21. The number of rotatable bonds is 0. The van der Waals surface area contributed by atoms with Crippen molar-refractivity contribution in [3.05, 3.63) is 0 Å². The molecule has 0 N–H and O–H groups in total. The molecular formula is C2H8SiTi+2. The Morgan fingerprint density at radius 3 is 1.25 bits per heavy atom. The summed E-state index contributed by atoms with van der Waals surface area (Å²) in [5.74, 6) is 0. The summed E-state index contributed by atoms with van der Waals surface area (Å²) in [6.07, 6.45) is 0. The van der Waals surface area contributed by atoms with Gasteiger partial charge in [0.15, 0.2) is 0 Å². The van der Waals surface area contributed by atoms with Crippen LogP contribution in [0.5, 0.6) is 0 Å². The van der Waals surface area contributed by atoms with E-state index >= 15 is 0 Å².